The first-order chi connectivity index (χ1) is 9.58. The second kappa shape index (κ2) is 5.42. The van der Waals surface area contributed by atoms with Crippen LogP contribution in [0, 0.1) is 12.7 Å². The van der Waals surface area contributed by atoms with Gasteiger partial charge in [-0.15, -0.1) is 0 Å². The Morgan fingerprint density at radius 3 is 2.75 bits per heavy atom. The zero-order valence-electron chi connectivity index (χ0n) is 10.8. The highest BCUT2D eigenvalue weighted by Crippen LogP contribution is 2.33. The van der Waals surface area contributed by atoms with Gasteiger partial charge in [-0.2, -0.15) is 4.98 Å². The van der Waals surface area contributed by atoms with Crippen LogP contribution in [0.2, 0.25) is 5.28 Å². The predicted molar refractivity (Wildman–Crippen MR) is 80.0 cm³/mol. The number of fused-ring (bicyclic) bond motifs is 1. The van der Waals surface area contributed by atoms with Crippen LogP contribution in [0.1, 0.15) is 5.56 Å². The molecule has 1 aromatic heterocycles. The van der Waals surface area contributed by atoms with Crippen LogP contribution in [-0.4, -0.2) is 36.3 Å². The number of ether oxygens (including phenoxy) is 1. The van der Waals surface area contributed by atoms with Crippen molar-refractivity contribution < 1.29 is 9.13 Å². The van der Waals surface area contributed by atoms with Gasteiger partial charge in [0, 0.05) is 18.5 Å². The lowest BCUT2D eigenvalue weighted by atomic mass is 10.1. The zero-order chi connectivity index (χ0) is 14.3. The molecule has 4 nitrogen and oxygen atoms in total. The summed E-state index contributed by atoms with van der Waals surface area (Å²) in [6.45, 7) is 4.50. The zero-order valence-corrected chi connectivity index (χ0v) is 13.1. The Bertz CT molecular complexity index is 676. The van der Waals surface area contributed by atoms with Crippen molar-refractivity contribution in [3.8, 4) is 0 Å². The molecule has 1 aliphatic rings. The summed E-state index contributed by atoms with van der Waals surface area (Å²) in [5, 5.41) is 0.725. The summed E-state index contributed by atoms with van der Waals surface area (Å²) in [6.07, 6.45) is 0. The summed E-state index contributed by atoms with van der Waals surface area (Å²) in [4.78, 5) is 10.4. The van der Waals surface area contributed by atoms with Crippen LogP contribution >= 0.6 is 27.5 Å². The first kappa shape index (κ1) is 14.0. The van der Waals surface area contributed by atoms with Crippen LogP contribution < -0.4 is 4.90 Å². The van der Waals surface area contributed by atoms with E-state index in [1.54, 1.807) is 0 Å². The molecule has 1 aliphatic heterocycles. The van der Waals surface area contributed by atoms with Gasteiger partial charge >= 0.3 is 0 Å². The average molecular weight is 361 g/mol. The molecular formula is C13H12BrClFN3O. The number of morpholine rings is 1. The third kappa shape index (κ3) is 2.36. The van der Waals surface area contributed by atoms with Crippen molar-refractivity contribution in [3.05, 3.63) is 27.2 Å². The minimum absolute atomic E-state index is 0.0497. The van der Waals surface area contributed by atoms with Crippen molar-refractivity contribution in [2.45, 2.75) is 6.92 Å². The number of hydrogen-bond acceptors (Lipinski definition) is 4. The van der Waals surface area contributed by atoms with E-state index in [1.807, 2.05) is 17.9 Å². The molecular weight excluding hydrogens is 349 g/mol. The van der Waals surface area contributed by atoms with Crippen molar-refractivity contribution in [1.29, 1.82) is 0 Å². The fourth-order valence-electron chi connectivity index (χ4n) is 2.30. The van der Waals surface area contributed by atoms with E-state index in [0.717, 1.165) is 5.56 Å². The summed E-state index contributed by atoms with van der Waals surface area (Å²) in [7, 11) is 0. The third-order valence-electron chi connectivity index (χ3n) is 3.32. The molecule has 0 unspecified atom stereocenters. The van der Waals surface area contributed by atoms with E-state index in [2.05, 4.69) is 25.9 Å². The molecule has 0 bridgehead atoms. The molecule has 0 saturated carbocycles. The Morgan fingerprint density at radius 2 is 2.05 bits per heavy atom. The molecule has 2 aromatic rings. The van der Waals surface area contributed by atoms with Gasteiger partial charge in [-0.1, -0.05) is 0 Å². The lowest BCUT2D eigenvalue weighted by Gasteiger charge is -2.28. The van der Waals surface area contributed by atoms with Crippen molar-refractivity contribution >= 4 is 44.3 Å². The van der Waals surface area contributed by atoms with Gasteiger partial charge in [0.2, 0.25) is 5.28 Å². The van der Waals surface area contributed by atoms with E-state index < -0.39 is 5.82 Å². The molecule has 0 radical (unpaired) electrons. The predicted octanol–water partition coefficient (Wildman–Crippen LogP) is 3.33. The fraction of sp³-hybridized carbons (Fsp3) is 0.385. The molecule has 2 heterocycles. The van der Waals surface area contributed by atoms with E-state index in [9.17, 15) is 4.39 Å². The summed E-state index contributed by atoms with van der Waals surface area (Å²) >= 11 is 9.18. The maximum Gasteiger partial charge on any atom is 0.225 e. The molecule has 3 rings (SSSR count). The quantitative estimate of drug-likeness (QED) is 0.731. The molecule has 7 heteroatoms. The van der Waals surface area contributed by atoms with Gasteiger partial charge < -0.3 is 9.64 Å². The molecule has 0 spiro atoms. The number of rotatable bonds is 1. The van der Waals surface area contributed by atoms with E-state index in [-0.39, 0.29) is 10.8 Å². The van der Waals surface area contributed by atoms with E-state index in [4.69, 9.17) is 16.3 Å². The number of nitrogens with zero attached hydrogens (tertiary/aromatic N) is 3. The highest BCUT2D eigenvalue weighted by molar-refractivity contribution is 9.10. The lowest BCUT2D eigenvalue weighted by Crippen LogP contribution is -2.37. The number of halogens is 3. The first-order valence-corrected chi connectivity index (χ1v) is 7.39. The Labute approximate surface area is 129 Å². The van der Waals surface area contributed by atoms with Crippen LogP contribution in [0.3, 0.4) is 0 Å². The van der Waals surface area contributed by atoms with Crippen molar-refractivity contribution in [2.75, 3.05) is 31.2 Å². The molecule has 1 saturated heterocycles. The van der Waals surface area contributed by atoms with Gasteiger partial charge in [0.05, 0.1) is 17.7 Å². The van der Waals surface area contributed by atoms with Crippen LogP contribution in [0.25, 0.3) is 10.9 Å². The molecule has 20 heavy (non-hydrogen) atoms. The number of aromatic nitrogens is 2. The topological polar surface area (TPSA) is 38.2 Å². The number of aryl methyl sites for hydroxylation is 1. The summed E-state index contributed by atoms with van der Waals surface area (Å²) in [5.74, 6) is 0.261. The smallest absolute Gasteiger partial charge is 0.225 e. The largest absolute Gasteiger partial charge is 0.378 e. The molecule has 1 fully saturated rings. The summed E-state index contributed by atoms with van der Waals surface area (Å²) in [6, 6.07) is 1.88. The van der Waals surface area contributed by atoms with Gasteiger partial charge in [0.1, 0.15) is 11.3 Å². The van der Waals surface area contributed by atoms with Crippen LogP contribution in [0.15, 0.2) is 10.5 Å². The normalized spacial score (nSPS) is 15.9. The molecule has 0 atom stereocenters. The van der Waals surface area contributed by atoms with Gasteiger partial charge in [-0.05, 0) is 46.1 Å². The highest BCUT2D eigenvalue weighted by atomic mass is 79.9. The van der Waals surface area contributed by atoms with E-state index in [0.29, 0.717) is 42.0 Å². The molecule has 0 amide bonds. The van der Waals surface area contributed by atoms with Crippen LogP contribution in [0.4, 0.5) is 10.2 Å². The number of anilines is 1. The van der Waals surface area contributed by atoms with Crippen molar-refractivity contribution in [1.82, 2.24) is 9.97 Å². The minimum Gasteiger partial charge on any atom is -0.378 e. The maximum absolute atomic E-state index is 14.3. The van der Waals surface area contributed by atoms with E-state index >= 15 is 0 Å². The second-order valence-electron chi connectivity index (χ2n) is 4.63. The van der Waals surface area contributed by atoms with Gasteiger partial charge in [-0.25, -0.2) is 9.37 Å². The SMILES string of the molecule is Cc1cc2c(N3CCOCC3)nc(Cl)nc2c(F)c1Br. The second-order valence-corrected chi connectivity index (χ2v) is 5.76. The molecule has 0 aliphatic carbocycles. The minimum atomic E-state index is -0.404. The third-order valence-corrected chi connectivity index (χ3v) is 4.46. The van der Waals surface area contributed by atoms with Crippen molar-refractivity contribution in [3.63, 3.8) is 0 Å². The number of hydrogen-bond donors (Lipinski definition) is 0. The lowest BCUT2D eigenvalue weighted by molar-refractivity contribution is 0.122. The van der Waals surface area contributed by atoms with Gasteiger partial charge in [0.25, 0.3) is 0 Å². The summed E-state index contributed by atoms with van der Waals surface area (Å²) < 4.78 is 20.1. The van der Waals surface area contributed by atoms with Crippen LogP contribution in [-0.2, 0) is 4.74 Å². The van der Waals surface area contributed by atoms with E-state index in [1.165, 1.54) is 0 Å². The Kier molecular flexibility index (Phi) is 3.79. The molecule has 1 aromatic carbocycles. The molecule has 106 valence electrons. The van der Waals surface area contributed by atoms with Crippen molar-refractivity contribution in [2.24, 2.45) is 0 Å². The van der Waals surface area contributed by atoms with Crippen LogP contribution in [0.5, 0.6) is 0 Å². The highest BCUT2D eigenvalue weighted by Gasteiger charge is 2.20. The Hall–Kier alpha value is -0.980. The van der Waals surface area contributed by atoms with Gasteiger partial charge in [0.15, 0.2) is 5.82 Å². The Morgan fingerprint density at radius 1 is 1.35 bits per heavy atom. The monoisotopic (exact) mass is 359 g/mol. The fourth-order valence-corrected chi connectivity index (χ4v) is 2.77. The number of benzene rings is 1. The first-order valence-electron chi connectivity index (χ1n) is 6.22. The molecule has 0 N–H and O–H groups in total. The average Bonchev–Trinajstić information content (AvgIpc) is 2.46. The Balaban J connectivity index is 2.25. The standard InChI is InChI=1S/C13H12BrClFN3O/c1-7-6-8-11(10(16)9(7)14)17-13(15)18-12(8)19-2-4-20-5-3-19/h6H,2-5H2,1H3. The maximum atomic E-state index is 14.3. The van der Waals surface area contributed by atoms with Gasteiger partial charge in [-0.3, -0.25) is 0 Å². The summed E-state index contributed by atoms with van der Waals surface area (Å²) in [5.41, 5.74) is 1.04.